The number of anilines is 2. The molecule has 3 heteroatoms. The van der Waals surface area contributed by atoms with Gasteiger partial charge in [0.05, 0.1) is 0 Å². The summed E-state index contributed by atoms with van der Waals surface area (Å²) in [5, 5.41) is 2.93. The second-order valence-corrected chi connectivity index (χ2v) is 4.35. The number of nitrogen functional groups attached to an aromatic ring is 1. The predicted octanol–water partition coefficient (Wildman–Crippen LogP) is 3.14. The highest BCUT2D eigenvalue weighted by atomic mass is 16.1. The fourth-order valence-corrected chi connectivity index (χ4v) is 1.88. The molecule has 92 valence electrons. The normalized spacial score (nSPS) is 10.1. The Morgan fingerprint density at radius 2 is 1.67 bits per heavy atom. The quantitative estimate of drug-likeness (QED) is 0.792. The highest BCUT2D eigenvalue weighted by Crippen LogP contribution is 2.20. The summed E-state index contributed by atoms with van der Waals surface area (Å²) >= 11 is 0. The summed E-state index contributed by atoms with van der Waals surface area (Å²) in [4.78, 5) is 12.1. The van der Waals surface area contributed by atoms with Crippen LogP contribution in [0.2, 0.25) is 0 Å². The maximum Gasteiger partial charge on any atom is 0.255 e. The summed E-state index contributed by atoms with van der Waals surface area (Å²) in [6.07, 6.45) is 0. The van der Waals surface area contributed by atoms with Gasteiger partial charge in [0.2, 0.25) is 0 Å². The van der Waals surface area contributed by atoms with Gasteiger partial charge in [-0.05, 0) is 43.2 Å². The number of carbonyl (C=O) groups excluding carboxylic acids is 1. The van der Waals surface area contributed by atoms with Gasteiger partial charge in [0.15, 0.2) is 0 Å². The van der Waals surface area contributed by atoms with E-state index in [-0.39, 0.29) is 5.91 Å². The number of hydrogen-bond acceptors (Lipinski definition) is 2. The van der Waals surface area contributed by atoms with Crippen LogP contribution in [-0.4, -0.2) is 5.91 Å². The molecule has 0 bridgehead atoms. The lowest BCUT2D eigenvalue weighted by Gasteiger charge is -2.11. The van der Waals surface area contributed by atoms with E-state index in [4.69, 9.17) is 5.73 Å². The molecular weight excluding hydrogens is 224 g/mol. The van der Waals surface area contributed by atoms with Crippen LogP contribution in [0.5, 0.6) is 0 Å². The summed E-state index contributed by atoms with van der Waals surface area (Å²) in [6, 6.07) is 12.9. The van der Waals surface area contributed by atoms with Gasteiger partial charge in [-0.15, -0.1) is 0 Å². The molecule has 2 aromatic rings. The number of aryl methyl sites for hydroxylation is 2. The molecule has 0 aliphatic heterocycles. The number of hydrogen-bond donors (Lipinski definition) is 2. The Bertz CT molecular complexity index is 571. The van der Waals surface area contributed by atoms with Gasteiger partial charge in [-0.3, -0.25) is 4.79 Å². The Hall–Kier alpha value is -2.29. The van der Waals surface area contributed by atoms with E-state index in [1.165, 1.54) is 0 Å². The maximum atomic E-state index is 12.1. The standard InChI is InChI=1S/C15H16N2O/c1-10-5-3-6-11(2)14(10)17-15(18)12-7-4-8-13(16)9-12/h3-9H,16H2,1-2H3,(H,17,18). The van der Waals surface area contributed by atoms with E-state index >= 15 is 0 Å². The van der Waals surface area contributed by atoms with Crippen LogP contribution in [0.1, 0.15) is 21.5 Å². The van der Waals surface area contributed by atoms with Crippen molar-refractivity contribution in [2.24, 2.45) is 0 Å². The molecule has 0 radical (unpaired) electrons. The summed E-state index contributed by atoms with van der Waals surface area (Å²) in [5.41, 5.74) is 9.79. The fourth-order valence-electron chi connectivity index (χ4n) is 1.88. The topological polar surface area (TPSA) is 55.1 Å². The average Bonchev–Trinajstić information content (AvgIpc) is 2.34. The fraction of sp³-hybridized carbons (Fsp3) is 0.133. The van der Waals surface area contributed by atoms with Gasteiger partial charge < -0.3 is 11.1 Å². The summed E-state index contributed by atoms with van der Waals surface area (Å²) in [5.74, 6) is -0.139. The van der Waals surface area contributed by atoms with Crippen molar-refractivity contribution in [3.63, 3.8) is 0 Å². The first-order valence-corrected chi connectivity index (χ1v) is 5.81. The first kappa shape index (κ1) is 12.2. The van der Waals surface area contributed by atoms with Crippen LogP contribution in [-0.2, 0) is 0 Å². The highest BCUT2D eigenvalue weighted by Gasteiger charge is 2.09. The predicted molar refractivity (Wildman–Crippen MR) is 74.7 cm³/mol. The van der Waals surface area contributed by atoms with Gasteiger partial charge >= 0.3 is 0 Å². The number of carbonyl (C=O) groups is 1. The largest absolute Gasteiger partial charge is 0.399 e. The van der Waals surface area contributed by atoms with E-state index in [2.05, 4.69) is 5.32 Å². The van der Waals surface area contributed by atoms with Gasteiger partial charge in [-0.25, -0.2) is 0 Å². The zero-order valence-corrected chi connectivity index (χ0v) is 10.5. The third-order valence-corrected chi connectivity index (χ3v) is 2.87. The number of para-hydroxylation sites is 1. The lowest BCUT2D eigenvalue weighted by Crippen LogP contribution is -2.13. The van der Waals surface area contributed by atoms with Crippen LogP contribution >= 0.6 is 0 Å². The van der Waals surface area contributed by atoms with Crippen LogP contribution in [0.25, 0.3) is 0 Å². The Morgan fingerprint density at radius 1 is 1.06 bits per heavy atom. The maximum absolute atomic E-state index is 12.1. The lowest BCUT2D eigenvalue weighted by atomic mass is 10.1. The van der Waals surface area contributed by atoms with Gasteiger partial charge in [0.1, 0.15) is 0 Å². The van der Waals surface area contributed by atoms with Gasteiger partial charge in [-0.2, -0.15) is 0 Å². The van der Waals surface area contributed by atoms with Crippen molar-refractivity contribution in [3.8, 4) is 0 Å². The van der Waals surface area contributed by atoms with Crippen molar-refractivity contribution in [1.82, 2.24) is 0 Å². The van der Waals surface area contributed by atoms with Crippen molar-refractivity contribution in [2.75, 3.05) is 11.1 Å². The molecule has 0 spiro atoms. The molecule has 0 fully saturated rings. The van der Waals surface area contributed by atoms with E-state index in [1.807, 2.05) is 32.0 Å². The zero-order valence-electron chi connectivity index (χ0n) is 10.5. The van der Waals surface area contributed by atoms with Gasteiger partial charge in [-0.1, -0.05) is 24.3 Å². The van der Waals surface area contributed by atoms with E-state index in [0.29, 0.717) is 11.3 Å². The number of amides is 1. The van der Waals surface area contributed by atoms with E-state index in [1.54, 1.807) is 24.3 Å². The first-order valence-electron chi connectivity index (χ1n) is 5.81. The third kappa shape index (κ3) is 2.51. The van der Waals surface area contributed by atoms with Gasteiger partial charge in [0, 0.05) is 16.9 Å². The molecule has 2 rings (SSSR count). The molecule has 18 heavy (non-hydrogen) atoms. The highest BCUT2D eigenvalue weighted by molar-refractivity contribution is 6.05. The molecule has 0 unspecified atom stereocenters. The minimum Gasteiger partial charge on any atom is -0.399 e. The molecule has 0 atom stereocenters. The minimum atomic E-state index is -0.139. The van der Waals surface area contributed by atoms with E-state index in [0.717, 1.165) is 16.8 Å². The van der Waals surface area contributed by atoms with E-state index in [9.17, 15) is 4.79 Å². The van der Waals surface area contributed by atoms with Crippen molar-refractivity contribution in [1.29, 1.82) is 0 Å². The second kappa shape index (κ2) is 4.92. The minimum absolute atomic E-state index is 0.139. The Morgan fingerprint density at radius 3 is 2.28 bits per heavy atom. The average molecular weight is 240 g/mol. The Balaban J connectivity index is 2.27. The molecular formula is C15H16N2O. The van der Waals surface area contributed by atoms with Crippen molar-refractivity contribution >= 4 is 17.3 Å². The molecule has 3 nitrogen and oxygen atoms in total. The zero-order chi connectivity index (χ0) is 13.1. The number of nitrogens with one attached hydrogen (secondary N) is 1. The monoisotopic (exact) mass is 240 g/mol. The summed E-state index contributed by atoms with van der Waals surface area (Å²) in [6.45, 7) is 3.95. The van der Waals surface area contributed by atoms with Crippen LogP contribution in [0.3, 0.4) is 0 Å². The molecule has 2 aromatic carbocycles. The molecule has 0 aliphatic rings. The Kier molecular flexibility index (Phi) is 3.33. The second-order valence-electron chi connectivity index (χ2n) is 4.35. The lowest BCUT2D eigenvalue weighted by molar-refractivity contribution is 0.102. The Labute approximate surface area is 107 Å². The summed E-state index contributed by atoms with van der Waals surface area (Å²) in [7, 11) is 0. The van der Waals surface area contributed by atoms with Crippen molar-refractivity contribution in [3.05, 3.63) is 59.2 Å². The van der Waals surface area contributed by atoms with Crippen LogP contribution in [0.4, 0.5) is 11.4 Å². The third-order valence-electron chi connectivity index (χ3n) is 2.87. The van der Waals surface area contributed by atoms with Crippen LogP contribution in [0, 0.1) is 13.8 Å². The molecule has 1 amide bonds. The molecule has 0 heterocycles. The molecule has 3 N–H and O–H groups in total. The van der Waals surface area contributed by atoms with Crippen LogP contribution < -0.4 is 11.1 Å². The molecule has 0 saturated heterocycles. The molecule has 0 aromatic heterocycles. The van der Waals surface area contributed by atoms with Crippen LogP contribution in [0.15, 0.2) is 42.5 Å². The van der Waals surface area contributed by atoms with Gasteiger partial charge in [0.25, 0.3) is 5.91 Å². The smallest absolute Gasteiger partial charge is 0.255 e. The SMILES string of the molecule is Cc1cccc(C)c1NC(=O)c1cccc(N)c1. The summed E-state index contributed by atoms with van der Waals surface area (Å²) < 4.78 is 0. The number of rotatable bonds is 2. The van der Waals surface area contributed by atoms with E-state index < -0.39 is 0 Å². The molecule has 0 saturated carbocycles. The van der Waals surface area contributed by atoms with Crippen molar-refractivity contribution < 1.29 is 4.79 Å². The first-order chi connectivity index (χ1) is 8.58. The van der Waals surface area contributed by atoms with Crippen molar-refractivity contribution in [2.45, 2.75) is 13.8 Å². The molecule has 0 aliphatic carbocycles. The number of nitrogens with two attached hydrogens (primary N) is 1. The number of benzene rings is 2.